The topological polar surface area (TPSA) is 29.1 Å². The molecule has 1 aliphatic heterocycles. The van der Waals surface area contributed by atoms with Crippen LogP contribution < -0.4 is 30.1 Å². The van der Waals surface area contributed by atoms with Gasteiger partial charge in [0.15, 0.2) is 0 Å². The van der Waals surface area contributed by atoms with Crippen LogP contribution in [0.15, 0.2) is 22.3 Å². The van der Waals surface area contributed by atoms with Crippen molar-refractivity contribution in [2.45, 2.75) is 42.2 Å². The van der Waals surface area contributed by atoms with Crippen LogP contribution in [0, 0.1) is 0 Å². The maximum absolute atomic E-state index is 10.8. The molecule has 5 heteroatoms. The molecule has 2 atom stereocenters. The van der Waals surface area contributed by atoms with Crippen molar-refractivity contribution in [1.29, 1.82) is 0 Å². The number of hydrogen-bond acceptors (Lipinski definition) is 1. The van der Waals surface area contributed by atoms with Gasteiger partial charge in [0.1, 0.15) is 0 Å². The number of hydrogen-bond donors (Lipinski definition) is 1. The Labute approximate surface area is 124 Å². The van der Waals surface area contributed by atoms with E-state index in [4.69, 9.17) is 0 Å². The molecule has 2 unspecified atom stereocenters. The predicted octanol–water partition coefficient (Wildman–Crippen LogP) is -3.53. The van der Waals surface area contributed by atoms with Gasteiger partial charge in [-0.1, -0.05) is 0 Å². The summed E-state index contributed by atoms with van der Waals surface area (Å²) in [6.07, 6.45) is 0.845. The molecule has 1 heterocycles. The number of nitrogens with one attached hydrogen (secondary N) is 1. The van der Waals surface area contributed by atoms with E-state index in [2.05, 4.69) is 33.0 Å². The van der Waals surface area contributed by atoms with Gasteiger partial charge in [-0.15, -0.1) is 0 Å². The van der Waals surface area contributed by atoms with Crippen LogP contribution in [0.4, 0.5) is 0 Å². The molecule has 2 nitrogen and oxygen atoms in total. The fraction of sp³-hybridized carbons (Fsp3) is 0.583. The van der Waals surface area contributed by atoms with Crippen LogP contribution in [0.3, 0.4) is 0 Å². The van der Waals surface area contributed by atoms with Gasteiger partial charge in [-0.05, 0) is 0 Å². The normalized spacial score (nSPS) is 29.8. The molecule has 1 fully saturated rings. The van der Waals surface area contributed by atoms with Gasteiger partial charge in [0.05, 0.1) is 0 Å². The van der Waals surface area contributed by atoms with Crippen molar-refractivity contribution in [3.8, 4) is 0 Å². The summed E-state index contributed by atoms with van der Waals surface area (Å²) < 4.78 is 2.23. The molecule has 1 N–H and O–H groups in total. The summed E-state index contributed by atoms with van der Waals surface area (Å²) in [5, 5.41) is 3.03. The minimum atomic E-state index is -0.180. The summed E-state index contributed by atoms with van der Waals surface area (Å²) in [5.41, 5.74) is 5.45. The fourth-order valence-electron chi connectivity index (χ4n) is 2.61. The summed E-state index contributed by atoms with van der Waals surface area (Å²) in [7, 11) is 0. The number of carbonyl (C=O) groups excluding carboxylic acids is 1. The summed E-state index contributed by atoms with van der Waals surface area (Å²) in [4.78, 5) is 10.8. The zero-order valence-corrected chi connectivity index (χ0v) is 13.6. The smallest absolute Gasteiger partial charge is 1.00 e. The van der Waals surface area contributed by atoms with Crippen LogP contribution in [0.25, 0.3) is 0 Å². The first-order valence-corrected chi connectivity index (χ1v) is 7.37. The third kappa shape index (κ3) is 2.65. The fourth-order valence-corrected chi connectivity index (χ4v) is 4.22. The van der Waals surface area contributed by atoms with Gasteiger partial charge < -0.3 is 24.8 Å². The first-order chi connectivity index (χ1) is 7.02. The Morgan fingerprint density at radius 1 is 1.29 bits per heavy atom. The van der Waals surface area contributed by atoms with E-state index in [1.165, 1.54) is 27.0 Å². The van der Waals surface area contributed by atoms with Crippen LogP contribution in [0.1, 0.15) is 27.7 Å². The Morgan fingerprint density at radius 2 is 1.82 bits per heavy atom. The molecule has 0 aromatic heterocycles. The molecule has 94 valence electrons. The number of allylic oxidation sites excluding steroid dienone is 2. The second kappa shape index (κ2) is 5.92. The zero-order valence-electron chi connectivity index (χ0n) is 10.5. The molecule has 0 bridgehead atoms. The standard InChI is InChI=1S/C12H17NO.2ClH.Ti/c1-6-11-9(3)8(2)10(4)12(11,5)13-7-14;;;/h6-7H,1H2,2-5H3,(H,13,14);2*1H;/q;;;+2/p-2. The third-order valence-electron chi connectivity index (χ3n) is 3.92. The number of amides is 1. The molecule has 17 heavy (non-hydrogen) atoms. The van der Waals surface area contributed by atoms with Crippen molar-refractivity contribution in [1.82, 2.24) is 5.32 Å². The van der Waals surface area contributed by atoms with Gasteiger partial charge in [0, 0.05) is 0 Å². The second-order valence-electron chi connectivity index (χ2n) is 4.64. The van der Waals surface area contributed by atoms with Crippen LogP contribution in [-0.4, -0.2) is 11.9 Å². The van der Waals surface area contributed by atoms with Crippen molar-refractivity contribution >= 4 is 6.41 Å². The Morgan fingerprint density at radius 3 is 2.24 bits per heavy atom. The first-order valence-electron chi connectivity index (χ1n) is 5.36. The zero-order chi connectivity index (χ0) is 11.2. The number of rotatable bonds is 3. The molecule has 1 aliphatic carbocycles. The summed E-state index contributed by atoms with van der Waals surface area (Å²) >= 11 is 0.261. The van der Waals surface area contributed by atoms with Crippen molar-refractivity contribution < 1.29 is 48.8 Å². The van der Waals surface area contributed by atoms with Crippen molar-refractivity contribution in [2.75, 3.05) is 0 Å². The summed E-state index contributed by atoms with van der Waals surface area (Å²) in [6, 6.07) is 0. The average molecular weight is 310 g/mol. The SMILES string of the molecule is CC1=C(C)C(C)(NC=O)C([CH]2[CH2][Ti+2]2)=C1C.[Cl-].[Cl-]. The van der Waals surface area contributed by atoms with E-state index in [0.717, 1.165) is 10.6 Å². The Kier molecular flexibility index (Phi) is 6.01. The van der Waals surface area contributed by atoms with E-state index in [1.807, 2.05) is 0 Å². The van der Waals surface area contributed by atoms with Gasteiger partial charge in [-0.3, -0.25) is 0 Å². The second-order valence-corrected chi connectivity index (χ2v) is 7.00. The molecule has 0 radical (unpaired) electrons. The maximum Gasteiger partial charge on any atom is -1.00 e. The summed E-state index contributed by atoms with van der Waals surface area (Å²) in [6.45, 7) is 8.67. The largest absolute Gasteiger partial charge is 1.00 e. The van der Waals surface area contributed by atoms with E-state index in [-0.39, 0.29) is 49.5 Å². The summed E-state index contributed by atoms with van der Waals surface area (Å²) in [5.74, 6) is 0. The van der Waals surface area contributed by atoms with Gasteiger partial charge in [-0.2, -0.15) is 0 Å². The molecule has 0 aromatic carbocycles. The van der Waals surface area contributed by atoms with E-state index in [1.54, 1.807) is 0 Å². The molecule has 2 aliphatic rings. The van der Waals surface area contributed by atoms with E-state index < -0.39 is 0 Å². The number of halogens is 2. The molecule has 0 saturated carbocycles. The molecule has 1 amide bonds. The monoisotopic (exact) mass is 309 g/mol. The minimum Gasteiger partial charge on any atom is -1.00 e. The van der Waals surface area contributed by atoms with Crippen LogP contribution >= 0.6 is 0 Å². The Bertz CT molecular complexity index is 388. The molecular formula is C12H17Cl2NOTi. The Hall–Kier alpha value is 0.244. The van der Waals surface area contributed by atoms with E-state index in [0.29, 0.717) is 0 Å². The number of carbonyl (C=O) groups is 1. The van der Waals surface area contributed by atoms with E-state index in [9.17, 15) is 4.79 Å². The van der Waals surface area contributed by atoms with Crippen LogP contribution in [0.5, 0.6) is 0 Å². The van der Waals surface area contributed by atoms with Crippen molar-refractivity contribution in [2.24, 2.45) is 0 Å². The van der Waals surface area contributed by atoms with Gasteiger partial charge >= 0.3 is 100 Å². The van der Waals surface area contributed by atoms with Gasteiger partial charge in [0.25, 0.3) is 0 Å². The molecule has 0 spiro atoms. The third-order valence-corrected chi connectivity index (χ3v) is 5.65. The van der Waals surface area contributed by atoms with Gasteiger partial charge in [0.2, 0.25) is 0 Å². The van der Waals surface area contributed by atoms with Crippen LogP contribution in [-0.2, 0) is 23.9 Å². The minimum absolute atomic E-state index is 0. The van der Waals surface area contributed by atoms with Crippen molar-refractivity contribution in [3.05, 3.63) is 22.3 Å². The molecule has 2 rings (SSSR count). The average Bonchev–Trinajstić information content (AvgIpc) is 2.97. The van der Waals surface area contributed by atoms with Gasteiger partial charge in [-0.25, -0.2) is 0 Å². The molecule has 0 aromatic rings. The molecule has 1 saturated heterocycles. The van der Waals surface area contributed by atoms with E-state index >= 15 is 0 Å². The quantitative estimate of drug-likeness (QED) is 0.425. The van der Waals surface area contributed by atoms with Crippen molar-refractivity contribution in [3.63, 3.8) is 0 Å². The molecular weight excluding hydrogens is 293 g/mol. The predicted molar refractivity (Wildman–Crippen MR) is 57.2 cm³/mol. The van der Waals surface area contributed by atoms with Crippen LogP contribution in [0.2, 0.25) is 8.95 Å². The first kappa shape index (κ1) is 17.2. The maximum atomic E-state index is 10.8. The Balaban J connectivity index is 0.00000128.